The molecule has 2 amide bonds. The van der Waals surface area contributed by atoms with Gasteiger partial charge in [0.2, 0.25) is 11.8 Å². The first-order valence-electron chi connectivity index (χ1n) is 7.49. The van der Waals surface area contributed by atoms with Crippen molar-refractivity contribution in [2.45, 2.75) is 19.1 Å². The van der Waals surface area contributed by atoms with Crippen LogP contribution in [-0.2, 0) is 27.4 Å². The third kappa shape index (κ3) is 6.02. The third-order valence-electron chi connectivity index (χ3n) is 3.38. The number of amides is 2. The van der Waals surface area contributed by atoms with Crippen molar-refractivity contribution in [2.24, 2.45) is 5.73 Å². The first kappa shape index (κ1) is 18.0. The average Bonchev–Trinajstić information content (AvgIpc) is 2.57. The molecule has 0 aliphatic heterocycles. The Morgan fingerprint density at radius 2 is 1.71 bits per heavy atom. The Kier molecular flexibility index (Phi) is 6.78. The van der Waals surface area contributed by atoms with Crippen LogP contribution in [0.15, 0.2) is 54.6 Å². The molecule has 0 bridgehead atoms. The topological polar surface area (TPSA) is 81.4 Å². The number of nitrogens with one attached hydrogen (secondary N) is 1. The van der Waals surface area contributed by atoms with Crippen molar-refractivity contribution in [1.82, 2.24) is 5.32 Å². The Bertz CT molecular complexity index is 674. The van der Waals surface area contributed by atoms with E-state index in [0.29, 0.717) is 18.1 Å². The minimum atomic E-state index is -0.793. The summed E-state index contributed by atoms with van der Waals surface area (Å²) in [7, 11) is 0. The van der Waals surface area contributed by atoms with E-state index in [2.05, 4.69) is 5.32 Å². The number of ether oxygens (including phenoxy) is 1. The van der Waals surface area contributed by atoms with Gasteiger partial charge in [0.15, 0.2) is 0 Å². The zero-order valence-corrected chi connectivity index (χ0v) is 13.8. The normalized spacial score (nSPS) is 11.7. The van der Waals surface area contributed by atoms with Gasteiger partial charge < -0.3 is 15.8 Å². The SMILES string of the molecule is NC(=O)[C@@H](Cc1ccc(Cl)cc1)NC(=O)COCc1ccccc1. The zero-order chi connectivity index (χ0) is 17.4. The predicted molar refractivity (Wildman–Crippen MR) is 92.4 cm³/mol. The van der Waals surface area contributed by atoms with Crippen LogP contribution < -0.4 is 11.1 Å². The maximum absolute atomic E-state index is 11.9. The number of carbonyl (C=O) groups excluding carboxylic acids is 2. The van der Waals surface area contributed by atoms with Crippen LogP contribution in [0.25, 0.3) is 0 Å². The molecular formula is C18H19ClN2O3. The minimum Gasteiger partial charge on any atom is -0.368 e. The summed E-state index contributed by atoms with van der Waals surface area (Å²) in [5.74, 6) is -0.981. The highest BCUT2D eigenvalue weighted by Crippen LogP contribution is 2.11. The summed E-state index contributed by atoms with van der Waals surface area (Å²) < 4.78 is 5.35. The lowest BCUT2D eigenvalue weighted by Crippen LogP contribution is -2.47. The summed E-state index contributed by atoms with van der Waals surface area (Å²) in [6.45, 7) is 0.186. The van der Waals surface area contributed by atoms with Crippen LogP contribution in [0.3, 0.4) is 0 Å². The van der Waals surface area contributed by atoms with E-state index in [-0.39, 0.29) is 12.5 Å². The molecular weight excluding hydrogens is 328 g/mol. The van der Waals surface area contributed by atoms with E-state index in [0.717, 1.165) is 11.1 Å². The number of benzene rings is 2. The standard InChI is InChI=1S/C18H19ClN2O3/c19-15-8-6-13(7-9-15)10-16(18(20)23)21-17(22)12-24-11-14-4-2-1-3-5-14/h1-9,16H,10-12H2,(H2,20,23)(H,21,22)/t16-/m1/s1. The molecule has 24 heavy (non-hydrogen) atoms. The van der Waals surface area contributed by atoms with Crippen molar-refractivity contribution in [3.8, 4) is 0 Å². The Labute approximate surface area is 145 Å². The minimum absolute atomic E-state index is 0.140. The molecule has 2 aromatic carbocycles. The van der Waals surface area contributed by atoms with Gasteiger partial charge in [-0.05, 0) is 23.3 Å². The number of hydrogen-bond donors (Lipinski definition) is 2. The molecule has 126 valence electrons. The Hall–Kier alpha value is -2.37. The highest BCUT2D eigenvalue weighted by molar-refractivity contribution is 6.30. The van der Waals surface area contributed by atoms with Crippen LogP contribution in [0.1, 0.15) is 11.1 Å². The number of carbonyl (C=O) groups is 2. The van der Waals surface area contributed by atoms with Gasteiger partial charge in [0.25, 0.3) is 0 Å². The summed E-state index contributed by atoms with van der Waals surface area (Å²) in [4.78, 5) is 23.5. The number of halogens is 1. The van der Waals surface area contributed by atoms with Gasteiger partial charge in [-0.2, -0.15) is 0 Å². The van der Waals surface area contributed by atoms with Gasteiger partial charge in [-0.15, -0.1) is 0 Å². The maximum atomic E-state index is 11.9. The molecule has 0 aromatic heterocycles. The molecule has 2 rings (SSSR count). The molecule has 0 radical (unpaired) electrons. The monoisotopic (exact) mass is 346 g/mol. The van der Waals surface area contributed by atoms with Gasteiger partial charge in [0.05, 0.1) is 6.61 Å². The highest BCUT2D eigenvalue weighted by Gasteiger charge is 2.18. The summed E-state index contributed by atoms with van der Waals surface area (Å²) in [6, 6.07) is 15.7. The predicted octanol–water partition coefficient (Wildman–Crippen LogP) is 2.07. The van der Waals surface area contributed by atoms with Crippen LogP contribution in [0, 0.1) is 0 Å². The molecule has 1 atom stereocenters. The van der Waals surface area contributed by atoms with Gasteiger partial charge >= 0.3 is 0 Å². The lowest BCUT2D eigenvalue weighted by Gasteiger charge is -2.15. The molecule has 0 saturated heterocycles. The van der Waals surface area contributed by atoms with E-state index in [1.165, 1.54) is 0 Å². The fraction of sp³-hybridized carbons (Fsp3) is 0.222. The van der Waals surface area contributed by atoms with Crippen LogP contribution in [-0.4, -0.2) is 24.5 Å². The molecule has 0 aliphatic carbocycles. The van der Waals surface area contributed by atoms with Crippen molar-refractivity contribution >= 4 is 23.4 Å². The molecule has 0 unspecified atom stereocenters. The second-order valence-corrected chi connectivity index (χ2v) is 5.77. The molecule has 3 N–H and O–H groups in total. The summed E-state index contributed by atoms with van der Waals surface area (Å²) in [5.41, 5.74) is 7.19. The summed E-state index contributed by atoms with van der Waals surface area (Å²) >= 11 is 5.82. The van der Waals surface area contributed by atoms with Gasteiger partial charge in [0, 0.05) is 11.4 Å². The van der Waals surface area contributed by atoms with Crippen molar-refractivity contribution in [1.29, 1.82) is 0 Å². The van der Waals surface area contributed by atoms with Crippen molar-refractivity contribution in [2.75, 3.05) is 6.61 Å². The fourth-order valence-electron chi connectivity index (χ4n) is 2.15. The molecule has 0 heterocycles. The van der Waals surface area contributed by atoms with E-state index < -0.39 is 11.9 Å². The Morgan fingerprint density at radius 1 is 1.04 bits per heavy atom. The average molecular weight is 347 g/mol. The summed E-state index contributed by atoms with van der Waals surface area (Å²) in [5, 5.41) is 3.20. The van der Waals surface area contributed by atoms with Crippen LogP contribution >= 0.6 is 11.6 Å². The van der Waals surface area contributed by atoms with Crippen LogP contribution in [0.2, 0.25) is 5.02 Å². The molecule has 0 aliphatic rings. The van der Waals surface area contributed by atoms with E-state index in [9.17, 15) is 9.59 Å². The highest BCUT2D eigenvalue weighted by atomic mass is 35.5. The van der Waals surface area contributed by atoms with E-state index in [4.69, 9.17) is 22.1 Å². The van der Waals surface area contributed by atoms with Crippen LogP contribution in [0.5, 0.6) is 0 Å². The molecule has 0 fully saturated rings. The number of nitrogens with two attached hydrogens (primary N) is 1. The van der Waals surface area contributed by atoms with E-state index in [1.54, 1.807) is 24.3 Å². The number of rotatable bonds is 8. The summed E-state index contributed by atoms with van der Waals surface area (Å²) in [6.07, 6.45) is 0.303. The largest absolute Gasteiger partial charge is 0.368 e. The number of hydrogen-bond acceptors (Lipinski definition) is 3. The molecule has 0 saturated carbocycles. The van der Waals surface area contributed by atoms with Crippen molar-refractivity contribution in [3.63, 3.8) is 0 Å². The molecule has 2 aromatic rings. The van der Waals surface area contributed by atoms with E-state index in [1.807, 2.05) is 30.3 Å². The maximum Gasteiger partial charge on any atom is 0.246 e. The fourth-order valence-corrected chi connectivity index (χ4v) is 2.28. The van der Waals surface area contributed by atoms with Gasteiger partial charge in [-0.1, -0.05) is 54.1 Å². The zero-order valence-electron chi connectivity index (χ0n) is 13.1. The molecule has 5 nitrogen and oxygen atoms in total. The van der Waals surface area contributed by atoms with Crippen molar-refractivity contribution in [3.05, 3.63) is 70.7 Å². The molecule has 6 heteroatoms. The quantitative estimate of drug-likeness (QED) is 0.767. The Morgan fingerprint density at radius 3 is 2.33 bits per heavy atom. The van der Waals surface area contributed by atoms with Gasteiger partial charge in [0.1, 0.15) is 12.6 Å². The number of primary amides is 1. The van der Waals surface area contributed by atoms with Crippen molar-refractivity contribution < 1.29 is 14.3 Å². The third-order valence-corrected chi connectivity index (χ3v) is 3.63. The first-order chi connectivity index (χ1) is 11.5. The lowest BCUT2D eigenvalue weighted by molar-refractivity contribution is -0.130. The second kappa shape index (κ2) is 9.05. The molecule has 0 spiro atoms. The first-order valence-corrected chi connectivity index (χ1v) is 7.87. The van der Waals surface area contributed by atoms with Gasteiger partial charge in [-0.3, -0.25) is 9.59 Å². The smallest absolute Gasteiger partial charge is 0.246 e. The van der Waals surface area contributed by atoms with Gasteiger partial charge in [-0.25, -0.2) is 0 Å². The van der Waals surface area contributed by atoms with E-state index >= 15 is 0 Å². The lowest BCUT2D eigenvalue weighted by atomic mass is 10.1. The second-order valence-electron chi connectivity index (χ2n) is 5.33. The Balaban J connectivity index is 1.82. The van der Waals surface area contributed by atoms with Crippen LogP contribution in [0.4, 0.5) is 0 Å².